The first kappa shape index (κ1) is 18.0. The third-order valence-electron chi connectivity index (χ3n) is 3.91. The van der Waals surface area contributed by atoms with E-state index < -0.39 is 10.0 Å². The van der Waals surface area contributed by atoms with Crippen molar-refractivity contribution in [3.05, 3.63) is 18.2 Å². The number of nitrogens with one attached hydrogen (secondary N) is 2. The van der Waals surface area contributed by atoms with E-state index in [0.717, 1.165) is 19.6 Å². The fourth-order valence-electron chi connectivity index (χ4n) is 2.77. The minimum Gasteiger partial charge on any atom is -0.490 e. The molecule has 1 aromatic carbocycles. The zero-order chi connectivity index (χ0) is 16.7. The van der Waals surface area contributed by atoms with E-state index in [0.29, 0.717) is 31.3 Å². The lowest BCUT2D eigenvalue weighted by atomic mass is 10.3. The molecule has 1 aromatic rings. The van der Waals surface area contributed by atoms with Crippen LogP contribution in [0.25, 0.3) is 0 Å². The van der Waals surface area contributed by atoms with Crippen molar-refractivity contribution in [1.82, 2.24) is 4.72 Å². The Morgan fingerprint density at radius 2 is 1.74 bits per heavy atom. The van der Waals surface area contributed by atoms with Crippen LogP contribution in [0.2, 0.25) is 0 Å². The zero-order valence-corrected chi connectivity index (χ0v) is 14.7. The fraction of sp³-hybridized carbons (Fsp3) is 0.625. The Bertz CT molecular complexity index is 598. The highest BCUT2D eigenvalue weighted by molar-refractivity contribution is 7.89. The van der Waals surface area contributed by atoms with Crippen LogP contribution in [-0.2, 0) is 10.0 Å². The number of quaternary nitrogens is 1. The highest BCUT2D eigenvalue weighted by Crippen LogP contribution is 2.30. The molecule has 0 unspecified atom stereocenters. The van der Waals surface area contributed by atoms with Crippen molar-refractivity contribution in [2.24, 2.45) is 0 Å². The summed E-state index contributed by atoms with van der Waals surface area (Å²) in [5.74, 6) is 1.03. The van der Waals surface area contributed by atoms with E-state index in [1.54, 1.807) is 12.1 Å². The number of benzene rings is 1. The van der Waals surface area contributed by atoms with Crippen LogP contribution in [0.4, 0.5) is 0 Å². The molecule has 0 atom stereocenters. The smallest absolute Gasteiger partial charge is 0.240 e. The average molecular weight is 343 g/mol. The molecule has 2 N–H and O–H groups in total. The molecule has 0 spiro atoms. The van der Waals surface area contributed by atoms with Gasteiger partial charge in [-0.1, -0.05) is 0 Å². The summed E-state index contributed by atoms with van der Waals surface area (Å²) in [5, 5.41) is 0. The van der Waals surface area contributed by atoms with Gasteiger partial charge in [0.2, 0.25) is 10.0 Å². The molecule has 0 radical (unpaired) electrons. The van der Waals surface area contributed by atoms with Gasteiger partial charge in [0.1, 0.15) is 0 Å². The van der Waals surface area contributed by atoms with Gasteiger partial charge in [-0.3, -0.25) is 0 Å². The Kier molecular flexibility index (Phi) is 6.68. The monoisotopic (exact) mass is 343 g/mol. The van der Waals surface area contributed by atoms with Gasteiger partial charge < -0.3 is 14.4 Å². The lowest BCUT2D eigenvalue weighted by Gasteiger charge is -2.14. The maximum absolute atomic E-state index is 12.4. The molecular formula is C16H27N2O4S+. The Labute approximate surface area is 138 Å². The summed E-state index contributed by atoms with van der Waals surface area (Å²) in [6.45, 7) is 8.25. The van der Waals surface area contributed by atoms with Crippen molar-refractivity contribution < 1.29 is 22.8 Å². The number of likely N-dealkylation sites (tertiary alicyclic amines) is 1. The van der Waals surface area contributed by atoms with Gasteiger partial charge >= 0.3 is 0 Å². The van der Waals surface area contributed by atoms with Crippen LogP contribution in [0.3, 0.4) is 0 Å². The molecule has 0 aliphatic carbocycles. The molecule has 1 aliphatic rings. The molecule has 2 rings (SSSR count). The lowest BCUT2D eigenvalue weighted by molar-refractivity contribution is -0.886. The van der Waals surface area contributed by atoms with Gasteiger partial charge in [0.15, 0.2) is 11.5 Å². The maximum atomic E-state index is 12.4. The van der Waals surface area contributed by atoms with Crippen molar-refractivity contribution in [1.29, 1.82) is 0 Å². The van der Waals surface area contributed by atoms with E-state index in [-0.39, 0.29) is 4.90 Å². The van der Waals surface area contributed by atoms with E-state index >= 15 is 0 Å². The third-order valence-corrected chi connectivity index (χ3v) is 5.37. The molecule has 1 aliphatic heterocycles. The van der Waals surface area contributed by atoms with Crippen LogP contribution < -0.4 is 19.1 Å². The number of hydrogen-bond donors (Lipinski definition) is 2. The molecule has 0 bridgehead atoms. The van der Waals surface area contributed by atoms with E-state index in [4.69, 9.17) is 9.47 Å². The van der Waals surface area contributed by atoms with Crippen LogP contribution in [-0.4, -0.2) is 47.8 Å². The predicted molar refractivity (Wildman–Crippen MR) is 88.8 cm³/mol. The molecule has 23 heavy (non-hydrogen) atoms. The molecule has 0 saturated carbocycles. The van der Waals surface area contributed by atoms with Crippen molar-refractivity contribution in [3.8, 4) is 11.5 Å². The first-order valence-corrected chi connectivity index (χ1v) is 9.78. The highest BCUT2D eigenvalue weighted by atomic mass is 32.2. The van der Waals surface area contributed by atoms with Crippen LogP contribution in [0.5, 0.6) is 11.5 Å². The van der Waals surface area contributed by atoms with Gasteiger partial charge in [0, 0.05) is 18.9 Å². The van der Waals surface area contributed by atoms with Gasteiger partial charge in [0.25, 0.3) is 0 Å². The van der Waals surface area contributed by atoms with E-state index in [1.165, 1.54) is 23.8 Å². The van der Waals surface area contributed by atoms with E-state index in [9.17, 15) is 8.42 Å². The Morgan fingerprint density at radius 1 is 1.09 bits per heavy atom. The van der Waals surface area contributed by atoms with Crippen LogP contribution in [0, 0.1) is 0 Å². The van der Waals surface area contributed by atoms with Gasteiger partial charge in [-0.15, -0.1) is 0 Å². The summed E-state index contributed by atoms with van der Waals surface area (Å²) < 4.78 is 38.5. The number of sulfonamides is 1. The van der Waals surface area contributed by atoms with Crippen molar-refractivity contribution in [2.45, 2.75) is 31.6 Å². The molecule has 1 saturated heterocycles. The van der Waals surface area contributed by atoms with Crippen LogP contribution in [0.1, 0.15) is 26.7 Å². The first-order chi connectivity index (χ1) is 11.1. The minimum atomic E-state index is -3.52. The second-order valence-corrected chi connectivity index (χ2v) is 7.35. The minimum absolute atomic E-state index is 0.209. The van der Waals surface area contributed by atoms with Gasteiger partial charge in [-0.25, -0.2) is 13.1 Å². The van der Waals surface area contributed by atoms with E-state index in [2.05, 4.69) is 4.72 Å². The summed E-state index contributed by atoms with van der Waals surface area (Å²) in [4.78, 5) is 1.68. The molecule has 0 aromatic heterocycles. The second-order valence-electron chi connectivity index (χ2n) is 5.58. The van der Waals surface area contributed by atoms with Crippen molar-refractivity contribution >= 4 is 10.0 Å². The molecule has 6 nitrogen and oxygen atoms in total. The van der Waals surface area contributed by atoms with Crippen LogP contribution >= 0.6 is 0 Å². The van der Waals surface area contributed by atoms with Crippen LogP contribution in [0.15, 0.2) is 23.1 Å². The fourth-order valence-corrected chi connectivity index (χ4v) is 3.82. The Hall–Kier alpha value is -1.31. The normalized spacial score (nSPS) is 15.7. The highest BCUT2D eigenvalue weighted by Gasteiger charge is 2.19. The van der Waals surface area contributed by atoms with Crippen molar-refractivity contribution in [3.63, 3.8) is 0 Å². The number of hydrogen-bond acceptors (Lipinski definition) is 4. The summed E-state index contributed by atoms with van der Waals surface area (Å²) in [5.41, 5.74) is 0. The van der Waals surface area contributed by atoms with Crippen molar-refractivity contribution in [2.75, 3.05) is 39.4 Å². The SMILES string of the molecule is CCOc1ccc(S(=O)(=O)NCC[NH+]2CCCC2)cc1OCC. The predicted octanol–water partition coefficient (Wildman–Crippen LogP) is 0.441. The molecule has 1 fully saturated rings. The molecular weight excluding hydrogens is 316 g/mol. The van der Waals surface area contributed by atoms with Gasteiger partial charge in [-0.05, 0) is 26.0 Å². The van der Waals surface area contributed by atoms with Gasteiger partial charge in [0.05, 0.1) is 44.3 Å². The second kappa shape index (κ2) is 8.52. The summed E-state index contributed by atoms with van der Waals surface area (Å²) in [6.07, 6.45) is 2.47. The topological polar surface area (TPSA) is 69.1 Å². The number of ether oxygens (including phenoxy) is 2. The molecule has 0 amide bonds. The summed E-state index contributed by atoms with van der Waals surface area (Å²) >= 11 is 0. The summed E-state index contributed by atoms with van der Waals surface area (Å²) in [7, 11) is -3.52. The van der Waals surface area contributed by atoms with E-state index in [1.807, 2.05) is 13.8 Å². The van der Waals surface area contributed by atoms with Gasteiger partial charge in [-0.2, -0.15) is 0 Å². The first-order valence-electron chi connectivity index (χ1n) is 8.29. The average Bonchev–Trinajstić information content (AvgIpc) is 3.02. The zero-order valence-electron chi connectivity index (χ0n) is 13.9. The Balaban J connectivity index is 2.03. The molecule has 1 heterocycles. The standard InChI is InChI=1S/C16H26N2O4S/c1-3-21-15-8-7-14(13-16(15)22-4-2)23(19,20)17-9-12-18-10-5-6-11-18/h7-8,13,17H,3-6,9-12H2,1-2H3/p+1. The summed E-state index contributed by atoms with van der Waals surface area (Å²) in [6, 6.07) is 4.73. The lowest BCUT2D eigenvalue weighted by Crippen LogP contribution is -3.10. The third kappa shape index (κ3) is 5.09. The number of rotatable bonds is 9. The molecule has 7 heteroatoms. The Morgan fingerprint density at radius 3 is 2.39 bits per heavy atom. The largest absolute Gasteiger partial charge is 0.490 e. The quantitative estimate of drug-likeness (QED) is 0.683. The maximum Gasteiger partial charge on any atom is 0.240 e. The molecule has 130 valence electrons.